The van der Waals surface area contributed by atoms with Gasteiger partial charge in [0, 0.05) is 23.6 Å². The number of halogens is 1. The monoisotopic (exact) mass is 328 g/mol. The van der Waals surface area contributed by atoms with Crippen molar-refractivity contribution in [1.29, 1.82) is 0 Å². The van der Waals surface area contributed by atoms with Crippen molar-refractivity contribution >= 4 is 11.6 Å². The Labute approximate surface area is 139 Å². The number of hydrogen-bond acceptors (Lipinski definition) is 4. The van der Waals surface area contributed by atoms with Crippen LogP contribution in [0, 0.1) is 5.82 Å². The van der Waals surface area contributed by atoms with Crippen LogP contribution < -0.4 is 9.47 Å². The van der Waals surface area contributed by atoms with Crippen LogP contribution in [0.2, 0.25) is 0 Å². The number of hydrazone groups is 1. The van der Waals surface area contributed by atoms with E-state index >= 15 is 0 Å². The van der Waals surface area contributed by atoms with Crippen molar-refractivity contribution in [2.24, 2.45) is 5.10 Å². The SMILES string of the molecule is COc1ccc(C2=NN(C(=O)c3cccc(F)c3)CC2)c(OC)c1. The minimum atomic E-state index is -0.443. The molecule has 0 bridgehead atoms. The molecule has 24 heavy (non-hydrogen) atoms. The average Bonchev–Trinajstić information content (AvgIpc) is 3.10. The summed E-state index contributed by atoms with van der Waals surface area (Å²) in [5.41, 5.74) is 1.84. The fourth-order valence-electron chi connectivity index (χ4n) is 2.60. The zero-order valence-electron chi connectivity index (χ0n) is 13.5. The average molecular weight is 328 g/mol. The molecular weight excluding hydrogens is 311 g/mol. The lowest BCUT2D eigenvalue weighted by molar-refractivity contribution is 0.0778. The Hall–Kier alpha value is -2.89. The van der Waals surface area contributed by atoms with Gasteiger partial charge in [-0.25, -0.2) is 9.40 Å². The third-order valence-corrected chi connectivity index (χ3v) is 3.83. The van der Waals surface area contributed by atoms with Gasteiger partial charge >= 0.3 is 0 Å². The largest absolute Gasteiger partial charge is 0.497 e. The van der Waals surface area contributed by atoms with Gasteiger partial charge in [-0.05, 0) is 30.3 Å². The summed E-state index contributed by atoms with van der Waals surface area (Å²) >= 11 is 0. The van der Waals surface area contributed by atoms with E-state index in [4.69, 9.17) is 9.47 Å². The molecule has 1 aliphatic heterocycles. The Morgan fingerprint density at radius 3 is 2.71 bits per heavy atom. The number of benzene rings is 2. The van der Waals surface area contributed by atoms with Gasteiger partial charge in [0.1, 0.15) is 17.3 Å². The maximum atomic E-state index is 13.3. The van der Waals surface area contributed by atoms with Crippen LogP contribution in [0.1, 0.15) is 22.3 Å². The molecule has 0 fully saturated rings. The second-order valence-electron chi connectivity index (χ2n) is 5.30. The van der Waals surface area contributed by atoms with Crippen molar-refractivity contribution < 1.29 is 18.7 Å². The molecule has 2 aromatic carbocycles. The van der Waals surface area contributed by atoms with Crippen LogP contribution in [-0.4, -0.2) is 37.4 Å². The Morgan fingerprint density at radius 2 is 2.00 bits per heavy atom. The van der Waals surface area contributed by atoms with Gasteiger partial charge in [0.05, 0.1) is 26.5 Å². The third-order valence-electron chi connectivity index (χ3n) is 3.83. The van der Waals surface area contributed by atoms with Gasteiger partial charge in [-0.2, -0.15) is 5.10 Å². The standard InChI is InChI=1S/C18H17FN2O3/c1-23-14-6-7-15(17(11-14)24-2)16-8-9-21(20-16)18(22)12-4-3-5-13(19)10-12/h3-7,10-11H,8-9H2,1-2H3. The molecular formula is C18H17FN2O3. The summed E-state index contributed by atoms with van der Waals surface area (Å²) < 4.78 is 23.9. The first-order valence-corrected chi connectivity index (χ1v) is 7.49. The molecule has 1 aliphatic rings. The summed E-state index contributed by atoms with van der Waals surface area (Å²) in [5.74, 6) is 0.549. The van der Waals surface area contributed by atoms with Crippen molar-refractivity contribution in [3.8, 4) is 11.5 Å². The van der Waals surface area contributed by atoms with Crippen molar-refractivity contribution in [1.82, 2.24) is 5.01 Å². The summed E-state index contributed by atoms with van der Waals surface area (Å²) in [6.45, 7) is 0.444. The van der Waals surface area contributed by atoms with Crippen molar-refractivity contribution in [2.45, 2.75) is 6.42 Å². The van der Waals surface area contributed by atoms with E-state index in [9.17, 15) is 9.18 Å². The highest BCUT2D eigenvalue weighted by Crippen LogP contribution is 2.28. The second-order valence-corrected chi connectivity index (χ2v) is 5.30. The molecule has 0 aliphatic carbocycles. The Morgan fingerprint density at radius 1 is 1.17 bits per heavy atom. The van der Waals surface area contributed by atoms with Gasteiger partial charge in [-0.3, -0.25) is 4.79 Å². The van der Waals surface area contributed by atoms with Crippen LogP contribution in [0.4, 0.5) is 4.39 Å². The van der Waals surface area contributed by atoms with Crippen LogP contribution in [0.25, 0.3) is 0 Å². The number of nitrogens with zero attached hydrogens (tertiary/aromatic N) is 2. The fraction of sp³-hybridized carbons (Fsp3) is 0.222. The third kappa shape index (κ3) is 3.08. The van der Waals surface area contributed by atoms with E-state index in [0.717, 1.165) is 11.3 Å². The number of carbonyl (C=O) groups is 1. The van der Waals surface area contributed by atoms with Crippen LogP contribution >= 0.6 is 0 Å². The minimum absolute atomic E-state index is 0.279. The van der Waals surface area contributed by atoms with Crippen LogP contribution in [0.3, 0.4) is 0 Å². The first-order valence-electron chi connectivity index (χ1n) is 7.49. The molecule has 0 saturated carbocycles. The van der Waals surface area contributed by atoms with Crippen LogP contribution in [0.15, 0.2) is 47.6 Å². The zero-order chi connectivity index (χ0) is 17.1. The summed E-state index contributed by atoms with van der Waals surface area (Å²) in [5, 5.41) is 5.74. The quantitative estimate of drug-likeness (QED) is 0.866. The molecule has 6 heteroatoms. The predicted molar refractivity (Wildman–Crippen MR) is 88.1 cm³/mol. The highest BCUT2D eigenvalue weighted by molar-refractivity contribution is 6.06. The Bertz CT molecular complexity index is 805. The molecule has 3 rings (SSSR count). The molecule has 0 saturated heterocycles. The van der Waals surface area contributed by atoms with E-state index < -0.39 is 5.82 Å². The summed E-state index contributed by atoms with van der Waals surface area (Å²) in [4.78, 5) is 12.4. The molecule has 5 nitrogen and oxygen atoms in total. The number of carbonyl (C=O) groups excluding carboxylic acids is 1. The highest BCUT2D eigenvalue weighted by atomic mass is 19.1. The zero-order valence-corrected chi connectivity index (χ0v) is 13.5. The molecule has 0 spiro atoms. The van der Waals surface area contributed by atoms with E-state index in [1.165, 1.54) is 23.2 Å². The fourth-order valence-corrected chi connectivity index (χ4v) is 2.60. The Kier molecular flexibility index (Phi) is 4.46. The highest BCUT2D eigenvalue weighted by Gasteiger charge is 2.24. The number of hydrogen-bond donors (Lipinski definition) is 0. The van der Waals surface area contributed by atoms with Crippen molar-refractivity contribution in [3.05, 3.63) is 59.4 Å². The molecule has 0 aromatic heterocycles. The second kappa shape index (κ2) is 6.70. The van der Waals surface area contributed by atoms with E-state index in [1.54, 1.807) is 26.4 Å². The lowest BCUT2D eigenvalue weighted by Crippen LogP contribution is -2.23. The van der Waals surface area contributed by atoms with Gasteiger partial charge in [-0.15, -0.1) is 0 Å². The molecule has 0 atom stereocenters. The van der Waals surface area contributed by atoms with Crippen LogP contribution in [-0.2, 0) is 0 Å². The molecule has 1 heterocycles. The summed E-state index contributed by atoms with van der Waals surface area (Å²) in [6, 6.07) is 11.0. The molecule has 2 aromatic rings. The number of ether oxygens (including phenoxy) is 2. The number of methoxy groups -OCH3 is 2. The van der Waals surface area contributed by atoms with Gasteiger partial charge in [0.15, 0.2) is 0 Å². The number of rotatable bonds is 4. The molecule has 0 N–H and O–H groups in total. The van der Waals surface area contributed by atoms with E-state index in [1.807, 2.05) is 12.1 Å². The smallest absolute Gasteiger partial charge is 0.274 e. The maximum absolute atomic E-state index is 13.3. The van der Waals surface area contributed by atoms with Crippen molar-refractivity contribution in [3.63, 3.8) is 0 Å². The molecule has 1 amide bonds. The maximum Gasteiger partial charge on any atom is 0.274 e. The molecule has 0 unspecified atom stereocenters. The number of amides is 1. The van der Waals surface area contributed by atoms with E-state index in [2.05, 4.69) is 5.10 Å². The normalized spacial score (nSPS) is 13.6. The molecule has 0 radical (unpaired) electrons. The van der Waals surface area contributed by atoms with Crippen molar-refractivity contribution in [2.75, 3.05) is 20.8 Å². The summed E-state index contributed by atoms with van der Waals surface area (Å²) in [6.07, 6.45) is 0.601. The van der Waals surface area contributed by atoms with Gasteiger partial charge < -0.3 is 9.47 Å². The van der Waals surface area contributed by atoms with Gasteiger partial charge in [0.2, 0.25) is 0 Å². The first kappa shape index (κ1) is 16.0. The summed E-state index contributed by atoms with van der Waals surface area (Å²) in [7, 11) is 3.16. The lowest BCUT2D eigenvalue weighted by Gasteiger charge is -2.11. The topological polar surface area (TPSA) is 51.1 Å². The van der Waals surface area contributed by atoms with Gasteiger partial charge in [0.25, 0.3) is 5.91 Å². The first-order chi connectivity index (χ1) is 11.6. The van der Waals surface area contributed by atoms with Crippen LogP contribution in [0.5, 0.6) is 11.5 Å². The predicted octanol–water partition coefficient (Wildman–Crippen LogP) is 3.09. The van der Waals surface area contributed by atoms with E-state index in [-0.39, 0.29) is 11.5 Å². The Balaban J connectivity index is 1.87. The minimum Gasteiger partial charge on any atom is -0.497 e. The van der Waals surface area contributed by atoms with E-state index in [0.29, 0.717) is 24.5 Å². The van der Waals surface area contributed by atoms with Gasteiger partial charge in [-0.1, -0.05) is 6.07 Å². The molecule has 124 valence electrons. The lowest BCUT2D eigenvalue weighted by atomic mass is 10.1.